The predicted molar refractivity (Wildman–Crippen MR) is 243 cm³/mol. The molecule has 0 bridgehead atoms. The molecule has 2 aromatic carbocycles. The van der Waals surface area contributed by atoms with Gasteiger partial charge in [-0.15, -0.1) is 0 Å². The predicted octanol–water partition coefficient (Wildman–Crippen LogP) is 7.41. The van der Waals surface area contributed by atoms with E-state index < -0.39 is 58.5 Å². The number of nitrogens with one attached hydrogen (secondary N) is 5. The molecule has 2 aromatic rings. The summed E-state index contributed by atoms with van der Waals surface area (Å²) in [5.74, 6) is -1.52. The number of carbonyl (C=O) groups is 6. The lowest BCUT2D eigenvalue weighted by atomic mass is 9.86. The van der Waals surface area contributed by atoms with Crippen LogP contribution in [0.5, 0.6) is 0 Å². The Bertz CT molecular complexity index is 1740. The van der Waals surface area contributed by atoms with Crippen molar-refractivity contribution < 1.29 is 52.8 Å². The molecule has 0 saturated carbocycles. The van der Waals surface area contributed by atoms with E-state index >= 15 is 0 Å². The Morgan fingerprint density at radius 2 is 0.889 bits per heavy atom. The van der Waals surface area contributed by atoms with Crippen molar-refractivity contribution in [2.45, 2.75) is 158 Å². The van der Waals surface area contributed by atoms with Gasteiger partial charge in [0.25, 0.3) is 0 Å². The van der Waals surface area contributed by atoms with Gasteiger partial charge in [-0.2, -0.15) is 0 Å². The fourth-order valence-corrected chi connectivity index (χ4v) is 4.66. The van der Waals surface area contributed by atoms with Crippen molar-refractivity contribution in [2.75, 3.05) is 13.1 Å². The zero-order valence-corrected chi connectivity index (χ0v) is 40.4. The largest absolute Gasteiger partial charge is 0.480 e. The van der Waals surface area contributed by atoms with Crippen LogP contribution in [-0.2, 0) is 41.8 Å². The molecule has 356 valence electrons. The molecule has 0 aliphatic carbocycles. The Balaban J connectivity index is 0.00000101. The summed E-state index contributed by atoms with van der Waals surface area (Å²) in [6.07, 6.45) is -2.40. The molecule has 8 N–H and O–H groups in total. The van der Waals surface area contributed by atoms with E-state index in [0.717, 1.165) is 11.1 Å². The molecule has 17 heteroatoms. The van der Waals surface area contributed by atoms with Crippen LogP contribution in [0.2, 0.25) is 0 Å². The van der Waals surface area contributed by atoms with Crippen LogP contribution < -0.4 is 32.3 Å². The molecule has 0 unspecified atom stereocenters. The van der Waals surface area contributed by atoms with Crippen molar-refractivity contribution in [1.29, 1.82) is 0 Å². The summed E-state index contributed by atoms with van der Waals surface area (Å²) in [6.45, 7) is 29.5. The number of nitrogens with two attached hydrogens (primary N) is 1. The molecule has 0 aliphatic heterocycles. The lowest BCUT2D eigenvalue weighted by molar-refractivity contribution is -0.143. The van der Waals surface area contributed by atoms with Crippen molar-refractivity contribution in [3.63, 3.8) is 0 Å². The van der Waals surface area contributed by atoms with E-state index in [4.69, 9.17) is 29.8 Å². The zero-order valence-electron chi connectivity index (χ0n) is 40.4. The van der Waals surface area contributed by atoms with Crippen molar-refractivity contribution in [1.82, 2.24) is 26.6 Å². The number of carboxylic acids is 1. The number of amides is 5. The Morgan fingerprint density at radius 3 is 1.21 bits per heavy atom. The van der Waals surface area contributed by atoms with E-state index in [9.17, 15) is 28.8 Å². The maximum Gasteiger partial charge on any atom is 0.408 e. The Labute approximate surface area is 374 Å². The van der Waals surface area contributed by atoms with Crippen molar-refractivity contribution in [3.8, 4) is 0 Å². The van der Waals surface area contributed by atoms with Crippen LogP contribution in [0.25, 0.3) is 0 Å². The fourth-order valence-electron chi connectivity index (χ4n) is 4.66. The summed E-state index contributed by atoms with van der Waals surface area (Å²) in [5, 5.41) is 22.0. The van der Waals surface area contributed by atoms with E-state index in [1.807, 2.05) is 123 Å². The first-order valence-corrected chi connectivity index (χ1v) is 20.8. The van der Waals surface area contributed by atoms with Gasteiger partial charge in [-0.3, -0.25) is 4.79 Å². The van der Waals surface area contributed by atoms with Gasteiger partial charge >= 0.3 is 30.3 Å². The van der Waals surface area contributed by atoms with Gasteiger partial charge in [0.1, 0.15) is 35.5 Å². The highest BCUT2D eigenvalue weighted by Gasteiger charge is 2.34. The standard InChI is InChI=1S/C23H37N3O5.C12H15NO4.C11H24N2O2/c1-21(2,3)17(25-19(28)31-22(4,5)6)14-24-18(27)23(7,8)26-20(29)30-15-16-12-10-9-11-13-16;1-12(2,10(14)15)13-11(16)17-8-9-6-4-3-5-7-9;1-10(2,3)8(7-12)13-9(14)15-11(4,5)6/h9-13,17H,14-15H2,1-8H3,(H,24,27)(H,25,28)(H,26,29);3-7H,8H2,1-2H3,(H,13,16)(H,14,15);8H,7,12H2,1-6H3,(H,13,14)/t17-;;8-/m1.1/s1. The van der Waals surface area contributed by atoms with Gasteiger partial charge in [0, 0.05) is 19.1 Å². The molecule has 5 amide bonds. The monoisotopic (exact) mass is 889 g/mol. The summed E-state index contributed by atoms with van der Waals surface area (Å²) < 4.78 is 20.6. The molecule has 0 saturated heterocycles. The lowest BCUT2D eigenvalue weighted by Gasteiger charge is -2.33. The highest BCUT2D eigenvalue weighted by Crippen LogP contribution is 2.21. The summed E-state index contributed by atoms with van der Waals surface area (Å²) in [6, 6.07) is 18.0. The maximum absolute atomic E-state index is 12.7. The van der Waals surface area contributed by atoms with Crippen LogP contribution in [-0.4, -0.2) is 88.8 Å². The van der Waals surface area contributed by atoms with Crippen LogP contribution in [0.3, 0.4) is 0 Å². The molecule has 0 fully saturated rings. The second-order valence-corrected chi connectivity index (χ2v) is 20.0. The number of hydrogen-bond acceptors (Lipinski definition) is 11. The van der Waals surface area contributed by atoms with E-state index in [-0.39, 0.29) is 42.7 Å². The first kappa shape index (κ1) is 57.4. The Kier molecular flexibility index (Phi) is 22.7. The zero-order chi connectivity index (χ0) is 49.0. The van der Waals surface area contributed by atoms with E-state index in [2.05, 4.69) is 26.6 Å². The number of ether oxygens (including phenoxy) is 4. The number of carboxylic acid groups (broad SMARTS) is 1. The van der Waals surface area contributed by atoms with Crippen LogP contribution in [0, 0.1) is 10.8 Å². The van der Waals surface area contributed by atoms with Crippen LogP contribution >= 0.6 is 0 Å². The summed E-state index contributed by atoms with van der Waals surface area (Å²) in [4.78, 5) is 70.6. The number of rotatable bonds is 13. The van der Waals surface area contributed by atoms with Crippen LogP contribution in [0.15, 0.2) is 60.7 Å². The van der Waals surface area contributed by atoms with Crippen molar-refractivity contribution in [2.24, 2.45) is 16.6 Å². The fraction of sp³-hybridized carbons (Fsp3) is 0.609. The molecule has 0 aromatic heterocycles. The topological polar surface area (TPSA) is 246 Å². The van der Waals surface area contributed by atoms with E-state index in [0.29, 0.717) is 6.54 Å². The minimum atomic E-state index is -1.34. The number of hydrogen-bond donors (Lipinski definition) is 7. The molecular weight excluding hydrogens is 813 g/mol. The van der Waals surface area contributed by atoms with Gasteiger partial charge in [0.15, 0.2) is 0 Å². The Morgan fingerprint density at radius 1 is 0.540 bits per heavy atom. The SMILES string of the molecule is CC(C)(C)OC(=O)N[C@H](CN)C(C)(C)C.CC(C)(C)OC(=O)N[C@H](CNC(=O)C(C)(C)NC(=O)OCc1ccccc1)C(C)(C)C.CC(C)(NC(=O)OCc1ccccc1)C(=O)O. The van der Waals surface area contributed by atoms with Gasteiger partial charge in [0.05, 0.1) is 6.04 Å². The summed E-state index contributed by atoms with van der Waals surface area (Å²) >= 11 is 0. The smallest absolute Gasteiger partial charge is 0.408 e. The number of carbonyl (C=O) groups excluding carboxylic acids is 5. The molecular formula is C46H76N6O11. The lowest BCUT2D eigenvalue weighted by Crippen LogP contribution is -2.58. The molecule has 2 atom stereocenters. The van der Waals surface area contributed by atoms with Crippen molar-refractivity contribution >= 4 is 36.2 Å². The van der Waals surface area contributed by atoms with Crippen LogP contribution in [0.1, 0.15) is 122 Å². The third-order valence-electron chi connectivity index (χ3n) is 8.53. The highest BCUT2D eigenvalue weighted by molar-refractivity contribution is 5.89. The quantitative estimate of drug-likeness (QED) is 0.0973. The number of benzene rings is 2. The molecule has 0 heterocycles. The van der Waals surface area contributed by atoms with Gasteiger partial charge < -0.3 is 56.4 Å². The van der Waals surface area contributed by atoms with Crippen LogP contribution in [0.4, 0.5) is 19.2 Å². The minimum Gasteiger partial charge on any atom is -0.480 e. The molecule has 63 heavy (non-hydrogen) atoms. The third kappa shape index (κ3) is 26.5. The number of aliphatic carboxylic acids is 1. The Hall–Kier alpha value is -5.58. The molecule has 17 nitrogen and oxygen atoms in total. The first-order chi connectivity index (χ1) is 28.6. The first-order valence-electron chi connectivity index (χ1n) is 20.8. The van der Waals surface area contributed by atoms with Gasteiger partial charge in [0.2, 0.25) is 5.91 Å². The maximum atomic E-state index is 12.7. The summed E-state index contributed by atoms with van der Waals surface area (Å²) in [5.41, 5.74) is 3.25. The average molecular weight is 889 g/mol. The minimum absolute atomic E-state index is 0.0638. The van der Waals surface area contributed by atoms with E-state index in [1.165, 1.54) is 13.8 Å². The molecule has 0 aliphatic rings. The highest BCUT2D eigenvalue weighted by atomic mass is 16.6. The van der Waals surface area contributed by atoms with Gasteiger partial charge in [-0.05, 0) is 91.2 Å². The second kappa shape index (κ2) is 24.9. The summed E-state index contributed by atoms with van der Waals surface area (Å²) in [7, 11) is 0. The van der Waals surface area contributed by atoms with Gasteiger partial charge in [-0.1, -0.05) is 102 Å². The average Bonchev–Trinajstić information content (AvgIpc) is 3.12. The van der Waals surface area contributed by atoms with E-state index in [1.54, 1.807) is 34.6 Å². The number of alkyl carbamates (subject to hydrolysis) is 4. The normalized spacial score (nSPS) is 12.8. The van der Waals surface area contributed by atoms with Gasteiger partial charge in [-0.25, -0.2) is 24.0 Å². The molecule has 2 rings (SSSR count). The van der Waals surface area contributed by atoms with Crippen molar-refractivity contribution in [3.05, 3.63) is 71.8 Å². The molecule has 0 radical (unpaired) electrons. The second-order valence-electron chi connectivity index (χ2n) is 20.0. The third-order valence-corrected chi connectivity index (χ3v) is 8.53. The molecule has 0 spiro atoms.